The largest absolute Gasteiger partial charge is 0.445 e. The summed E-state index contributed by atoms with van der Waals surface area (Å²) in [6, 6.07) is 23.4. The van der Waals surface area contributed by atoms with Gasteiger partial charge < -0.3 is 50.6 Å². The number of nitrogens with zero attached hydrogens (tertiary/aromatic N) is 2. The summed E-state index contributed by atoms with van der Waals surface area (Å²) in [4.78, 5) is 99.4. The first kappa shape index (κ1) is 56.3. The van der Waals surface area contributed by atoms with E-state index in [1.165, 1.54) is 0 Å². The second kappa shape index (κ2) is 26.2. The van der Waals surface area contributed by atoms with Gasteiger partial charge in [0, 0.05) is 51.0 Å². The van der Waals surface area contributed by atoms with Crippen molar-refractivity contribution in [3.8, 4) is 0 Å². The highest BCUT2D eigenvalue weighted by Crippen LogP contribution is 2.41. The van der Waals surface area contributed by atoms with Crippen molar-refractivity contribution in [2.45, 2.75) is 149 Å². The van der Waals surface area contributed by atoms with E-state index in [0.717, 1.165) is 16.7 Å². The van der Waals surface area contributed by atoms with Gasteiger partial charge in [-0.1, -0.05) is 105 Å². The minimum absolute atomic E-state index is 0.0682. The molecule has 72 heavy (non-hydrogen) atoms. The number of piperidine rings is 1. The number of likely N-dealkylation sites (tertiary alicyclic amines) is 2. The normalized spacial score (nSPS) is 16.0. The van der Waals surface area contributed by atoms with Crippen LogP contribution in [-0.2, 0) is 52.8 Å². The summed E-state index contributed by atoms with van der Waals surface area (Å²) in [6.45, 7) is 16.7. The molecule has 0 aromatic heterocycles. The van der Waals surface area contributed by atoms with Gasteiger partial charge in [-0.25, -0.2) is 14.4 Å². The number of benzene rings is 3. The highest BCUT2D eigenvalue weighted by molar-refractivity contribution is 5.95. The van der Waals surface area contributed by atoms with Crippen LogP contribution in [0.25, 0.3) is 0 Å². The van der Waals surface area contributed by atoms with Crippen molar-refractivity contribution in [3.63, 3.8) is 0 Å². The van der Waals surface area contributed by atoms with Crippen LogP contribution in [-0.4, -0.2) is 120 Å². The van der Waals surface area contributed by atoms with Gasteiger partial charge in [-0.15, -0.1) is 0 Å². The lowest BCUT2D eigenvalue weighted by molar-refractivity contribution is -0.150. The van der Waals surface area contributed by atoms with E-state index in [1.54, 1.807) is 51.3 Å². The van der Waals surface area contributed by atoms with Crippen LogP contribution in [0.2, 0.25) is 0 Å². The molecule has 2 aliphatic heterocycles. The predicted octanol–water partition coefficient (Wildman–Crippen LogP) is 6.82. The van der Waals surface area contributed by atoms with Crippen LogP contribution in [0.4, 0.5) is 14.4 Å². The van der Waals surface area contributed by atoms with Crippen molar-refractivity contribution in [1.82, 2.24) is 36.4 Å². The molecule has 5 N–H and O–H groups in total. The Hall–Kier alpha value is -6.65. The van der Waals surface area contributed by atoms with Crippen molar-refractivity contribution < 1.29 is 47.8 Å². The zero-order chi connectivity index (χ0) is 52.5. The summed E-state index contributed by atoms with van der Waals surface area (Å²) in [5.74, 6) is -2.14. The number of unbranched alkanes of at least 4 members (excludes halogenated alkanes) is 1. The van der Waals surface area contributed by atoms with E-state index in [9.17, 15) is 33.6 Å². The molecule has 2 fully saturated rings. The number of carbonyl (C=O) groups is 7. The number of alkyl carbamates (subject to hydrolysis) is 2. The Morgan fingerprint density at radius 2 is 1.03 bits per heavy atom. The van der Waals surface area contributed by atoms with Crippen molar-refractivity contribution in [3.05, 3.63) is 108 Å². The predicted molar refractivity (Wildman–Crippen MR) is 273 cm³/mol. The molecule has 3 aromatic carbocycles. The first-order valence-corrected chi connectivity index (χ1v) is 25.3. The first-order valence-electron chi connectivity index (χ1n) is 25.3. The Morgan fingerprint density at radius 3 is 1.54 bits per heavy atom. The van der Waals surface area contributed by atoms with Crippen LogP contribution in [0.1, 0.15) is 111 Å². The van der Waals surface area contributed by atoms with Gasteiger partial charge in [0.1, 0.15) is 42.0 Å². The van der Waals surface area contributed by atoms with Gasteiger partial charge in [0.05, 0.1) is 0 Å². The summed E-state index contributed by atoms with van der Waals surface area (Å²) in [7, 11) is 0. The lowest BCUT2D eigenvalue weighted by Crippen LogP contribution is -2.65. The van der Waals surface area contributed by atoms with Crippen LogP contribution < -0.4 is 26.6 Å². The minimum Gasteiger partial charge on any atom is -0.445 e. The number of ether oxygens (including phenoxy) is 3. The Morgan fingerprint density at radius 1 is 0.569 bits per heavy atom. The molecular weight excluding hydrogens is 919 g/mol. The molecule has 392 valence electrons. The number of carbonyl (C=O) groups excluding carboxylic acids is 7. The lowest BCUT2D eigenvalue weighted by atomic mass is 9.71. The van der Waals surface area contributed by atoms with Crippen molar-refractivity contribution >= 4 is 41.9 Å². The molecule has 0 aliphatic carbocycles. The van der Waals surface area contributed by atoms with Gasteiger partial charge in [0.25, 0.3) is 0 Å². The zero-order valence-corrected chi connectivity index (χ0v) is 43.4. The standard InChI is InChI=1S/C55H77N7O10/c1-38(2)32-43(58-47(64)44(33-39-20-12-9-13-21-39)59-48(65)45(34-40-22-14-10-15-23-40)60-51(68)72-54(6,7)8)46(63)57-42(26-18-19-29-56-50(67)71-53(3,4)5)49(66)62-36-55(37-62)27-30-61(31-28-55)52(69)70-35-41-24-16-11-17-25-41/h9-17,20-25,38,42-45H,18-19,26-37H2,1-8H3,(H,56,67)(H,57,63)(H,58,64)(H,59,65)(H,60,68)/t42-,43-,44-,45-/m1/s1. The second-order valence-electron chi connectivity index (χ2n) is 21.5. The molecule has 1 spiro atoms. The molecule has 17 nitrogen and oxygen atoms in total. The highest BCUT2D eigenvalue weighted by atomic mass is 16.6. The molecule has 2 heterocycles. The third kappa shape index (κ3) is 18.8. The van der Waals surface area contributed by atoms with E-state index in [4.69, 9.17) is 14.2 Å². The lowest BCUT2D eigenvalue weighted by Gasteiger charge is -2.54. The summed E-state index contributed by atoms with van der Waals surface area (Å²) >= 11 is 0. The van der Waals surface area contributed by atoms with E-state index >= 15 is 0 Å². The molecule has 2 saturated heterocycles. The van der Waals surface area contributed by atoms with Crippen LogP contribution in [0.5, 0.6) is 0 Å². The van der Waals surface area contributed by atoms with Crippen molar-refractivity contribution in [2.24, 2.45) is 11.3 Å². The average molecular weight is 996 g/mol. The molecule has 0 unspecified atom stereocenters. The molecule has 4 atom stereocenters. The number of rotatable bonds is 21. The van der Waals surface area contributed by atoms with E-state index in [-0.39, 0.29) is 55.6 Å². The number of hydrogen-bond acceptors (Lipinski definition) is 10. The van der Waals surface area contributed by atoms with Crippen LogP contribution >= 0.6 is 0 Å². The third-order valence-electron chi connectivity index (χ3n) is 12.4. The fourth-order valence-corrected chi connectivity index (χ4v) is 8.75. The molecule has 17 heteroatoms. The number of hydrogen-bond donors (Lipinski definition) is 5. The van der Waals surface area contributed by atoms with Gasteiger partial charge in [-0.3, -0.25) is 19.2 Å². The summed E-state index contributed by atoms with van der Waals surface area (Å²) in [5, 5.41) is 14.2. The molecule has 0 saturated carbocycles. The van der Waals surface area contributed by atoms with Gasteiger partial charge >= 0.3 is 18.3 Å². The maximum atomic E-state index is 14.5. The number of amides is 7. The van der Waals surface area contributed by atoms with E-state index in [0.29, 0.717) is 58.4 Å². The molecule has 0 radical (unpaired) electrons. The van der Waals surface area contributed by atoms with E-state index < -0.39 is 65.3 Å². The van der Waals surface area contributed by atoms with Crippen LogP contribution in [0.3, 0.4) is 0 Å². The highest BCUT2D eigenvalue weighted by Gasteiger charge is 2.49. The smallest absolute Gasteiger partial charge is 0.410 e. The molecule has 5 rings (SSSR count). The Balaban J connectivity index is 1.29. The topological polar surface area (TPSA) is 214 Å². The van der Waals surface area contributed by atoms with E-state index in [1.807, 2.05) is 105 Å². The van der Waals surface area contributed by atoms with Gasteiger partial charge in [-0.2, -0.15) is 0 Å². The van der Waals surface area contributed by atoms with E-state index in [2.05, 4.69) is 26.6 Å². The van der Waals surface area contributed by atoms with Crippen molar-refractivity contribution in [2.75, 3.05) is 32.7 Å². The molecule has 7 amide bonds. The van der Waals surface area contributed by atoms with Gasteiger partial charge in [0.2, 0.25) is 23.6 Å². The Bertz CT molecular complexity index is 2250. The van der Waals surface area contributed by atoms with Gasteiger partial charge in [-0.05, 0) is 103 Å². The molecule has 0 bridgehead atoms. The quantitative estimate of drug-likeness (QED) is 0.0555. The molecule has 3 aromatic rings. The van der Waals surface area contributed by atoms with Crippen molar-refractivity contribution in [1.29, 1.82) is 0 Å². The maximum Gasteiger partial charge on any atom is 0.410 e. The first-order chi connectivity index (χ1) is 34.1. The minimum atomic E-state index is -1.18. The summed E-state index contributed by atoms with van der Waals surface area (Å²) < 4.78 is 16.4. The molecular formula is C55H77N7O10. The maximum absolute atomic E-state index is 14.5. The summed E-state index contributed by atoms with van der Waals surface area (Å²) in [5.41, 5.74) is 0.746. The van der Waals surface area contributed by atoms with Gasteiger partial charge in [0.15, 0.2) is 0 Å². The van der Waals surface area contributed by atoms with Crippen LogP contribution in [0.15, 0.2) is 91.0 Å². The average Bonchev–Trinajstić information content (AvgIpc) is 3.30. The molecule has 2 aliphatic rings. The number of nitrogens with one attached hydrogen (secondary N) is 5. The fourth-order valence-electron chi connectivity index (χ4n) is 8.75. The SMILES string of the molecule is CC(C)C[C@@H](NC(=O)[C@@H](Cc1ccccc1)NC(=O)[C@@H](Cc1ccccc1)NC(=O)OC(C)(C)C)C(=O)N[C@H](CCCCNC(=O)OC(C)(C)C)C(=O)N1CC2(CCN(C(=O)OCc3ccccc3)CC2)C1. The monoisotopic (exact) mass is 996 g/mol. The van der Waals surface area contributed by atoms with Crippen LogP contribution in [0, 0.1) is 11.3 Å². The third-order valence-corrected chi connectivity index (χ3v) is 12.4. The fraction of sp³-hybridized carbons (Fsp3) is 0.545. The second-order valence-corrected chi connectivity index (χ2v) is 21.5. The summed E-state index contributed by atoms with van der Waals surface area (Å²) in [6.07, 6.45) is 1.29. The zero-order valence-electron chi connectivity index (χ0n) is 43.4. The Labute approximate surface area is 425 Å². The Kier molecular flexibility index (Phi) is 20.4.